The summed E-state index contributed by atoms with van der Waals surface area (Å²) < 4.78 is 1.69. The van der Waals surface area contributed by atoms with Gasteiger partial charge in [-0.3, -0.25) is 14.5 Å². The lowest BCUT2D eigenvalue weighted by Crippen LogP contribution is -2.26. The van der Waals surface area contributed by atoms with Crippen molar-refractivity contribution in [2.75, 3.05) is 12.3 Å². The molecule has 1 amide bonds. The molecule has 1 aromatic carbocycles. The summed E-state index contributed by atoms with van der Waals surface area (Å²) in [6, 6.07) is 7.58. The third-order valence-electron chi connectivity index (χ3n) is 2.99. The Morgan fingerprint density at radius 1 is 1.43 bits per heavy atom. The fourth-order valence-corrected chi connectivity index (χ4v) is 2.87. The molecule has 0 saturated heterocycles. The van der Waals surface area contributed by atoms with E-state index >= 15 is 0 Å². The lowest BCUT2D eigenvalue weighted by molar-refractivity contribution is 0.0978. The van der Waals surface area contributed by atoms with Crippen molar-refractivity contribution in [3.8, 4) is 0 Å². The summed E-state index contributed by atoms with van der Waals surface area (Å²) in [5.41, 5.74) is 1.47. The number of carbonyl (C=O) groups is 1. The molecule has 1 aliphatic heterocycles. The molecule has 1 N–H and O–H groups in total. The average molecular weight is 321 g/mol. The highest BCUT2D eigenvalue weighted by atomic mass is 35.5. The van der Waals surface area contributed by atoms with E-state index in [1.54, 1.807) is 28.8 Å². The normalized spacial score (nSPS) is 14.0. The average Bonchev–Trinajstić information content (AvgIpc) is 3.13. The molecule has 2 heterocycles. The van der Waals surface area contributed by atoms with Gasteiger partial charge >= 0.3 is 0 Å². The van der Waals surface area contributed by atoms with Gasteiger partial charge in [-0.1, -0.05) is 41.6 Å². The van der Waals surface area contributed by atoms with Crippen molar-refractivity contribution in [3.63, 3.8) is 0 Å². The third kappa shape index (κ3) is 3.46. The van der Waals surface area contributed by atoms with Crippen LogP contribution < -0.4 is 5.32 Å². The van der Waals surface area contributed by atoms with Crippen molar-refractivity contribution < 1.29 is 4.79 Å². The van der Waals surface area contributed by atoms with Crippen LogP contribution in [-0.2, 0) is 6.54 Å². The number of nitrogens with one attached hydrogen (secondary N) is 1. The third-order valence-corrected chi connectivity index (χ3v) is 4.25. The second-order valence-electron chi connectivity index (χ2n) is 4.51. The summed E-state index contributed by atoms with van der Waals surface area (Å²) in [5.74, 6) is 0.732. The number of amidine groups is 1. The maximum absolute atomic E-state index is 12.0. The molecule has 21 heavy (non-hydrogen) atoms. The van der Waals surface area contributed by atoms with Gasteiger partial charge in [0.15, 0.2) is 5.17 Å². The highest BCUT2D eigenvalue weighted by molar-refractivity contribution is 8.14. The molecule has 1 aliphatic rings. The summed E-state index contributed by atoms with van der Waals surface area (Å²) in [4.78, 5) is 16.2. The van der Waals surface area contributed by atoms with E-state index in [9.17, 15) is 4.79 Å². The molecule has 1 aromatic heterocycles. The van der Waals surface area contributed by atoms with Gasteiger partial charge in [-0.2, -0.15) is 5.10 Å². The largest absolute Gasteiger partial charge is 0.301 e. The number of rotatable bonds is 3. The van der Waals surface area contributed by atoms with Crippen LogP contribution >= 0.6 is 23.4 Å². The first kappa shape index (κ1) is 14.2. The van der Waals surface area contributed by atoms with Crippen LogP contribution in [0.1, 0.15) is 15.9 Å². The highest BCUT2D eigenvalue weighted by Crippen LogP contribution is 2.16. The number of halogens is 1. The van der Waals surface area contributed by atoms with E-state index in [1.807, 2.05) is 24.3 Å². The van der Waals surface area contributed by atoms with Crippen LogP contribution in [0.4, 0.5) is 0 Å². The van der Waals surface area contributed by atoms with Gasteiger partial charge in [-0.05, 0) is 11.6 Å². The van der Waals surface area contributed by atoms with Crippen LogP contribution in [0.5, 0.6) is 0 Å². The number of hydrogen-bond donors (Lipinski definition) is 1. The second kappa shape index (κ2) is 6.32. The van der Waals surface area contributed by atoms with Crippen LogP contribution in [0, 0.1) is 0 Å². The molecule has 3 rings (SSSR count). The van der Waals surface area contributed by atoms with Crippen molar-refractivity contribution in [1.82, 2.24) is 15.1 Å². The number of thioether (sulfide) groups is 1. The van der Waals surface area contributed by atoms with E-state index in [-0.39, 0.29) is 5.91 Å². The number of benzene rings is 1. The van der Waals surface area contributed by atoms with E-state index in [4.69, 9.17) is 11.6 Å². The van der Waals surface area contributed by atoms with Crippen molar-refractivity contribution >= 4 is 34.4 Å². The molecule has 7 heteroatoms. The number of carbonyl (C=O) groups excluding carboxylic acids is 1. The minimum absolute atomic E-state index is 0.187. The summed E-state index contributed by atoms with van der Waals surface area (Å²) in [5, 5.41) is 8.35. The van der Waals surface area contributed by atoms with Gasteiger partial charge in [0.1, 0.15) is 0 Å². The fraction of sp³-hybridized carbons (Fsp3) is 0.214. The summed E-state index contributed by atoms with van der Waals surface area (Å²) in [7, 11) is 0. The molecule has 0 radical (unpaired) electrons. The van der Waals surface area contributed by atoms with Crippen LogP contribution in [0.25, 0.3) is 0 Å². The van der Waals surface area contributed by atoms with Gasteiger partial charge in [-0.25, -0.2) is 0 Å². The topological polar surface area (TPSA) is 59.3 Å². The van der Waals surface area contributed by atoms with Gasteiger partial charge in [0, 0.05) is 17.0 Å². The molecular formula is C14H13ClN4OS. The van der Waals surface area contributed by atoms with Crippen molar-refractivity contribution in [2.24, 2.45) is 4.99 Å². The Kier molecular flexibility index (Phi) is 4.26. The SMILES string of the molecule is O=C(NC1=NCCS1)c1cnn(Cc2ccccc2Cl)c1. The van der Waals surface area contributed by atoms with Crippen LogP contribution in [0.2, 0.25) is 5.02 Å². The fourth-order valence-electron chi connectivity index (χ4n) is 1.95. The molecule has 108 valence electrons. The lowest BCUT2D eigenvalue weighted by atomic mass is 10.2. The summed E-state index contributed by atoms with van der Waals surface area (Å²) >= 11 is 7.67. The van der Waals surface area contributed by atoms with E-state index in [0.717, 1.165) is 17.9 Å². The lowest BCUT2D eigenvalue weighted by Gasteiger charge is -2.04. The Hall–Kier alpha value is -1.79. The second-order valence-corrected chi connectivity index (χ2v) is 6.00. The summed E-state index contributed by atoms with van der Waals surface area (Å²) in [6.07, 6.45) is 3.26. The zero-order valence-corrected chi connectivity index (χ0v) is 12.7. The molecule has 0 aliphatic carbocycles. The molecule has 2 aromatic rings. The number of nitrogens with zero attached hydrogens (tertiary/aromatic N) is 3. The molecule has 5 nitrogen and oxygen atoms in total. The predicted octanol–water partition coefficient (Wildman–Crippen LogP) is 2.42. The smallest absolute Gasteiger partial charge is 0.260 e. The number of aromatic nitrogens is 2. The number of hydrogen-bond acceptors (Lipinski definition) is 4. The Bertz CT molecular complexity index is 698. The molecule has 0 unspecified atom stereocenters. The minimum Gasteiger partial charge on any atom is -0.301 e. The van der Waals surface area contributed by atoms with Crippen molar-refractivity contribution in [3.05, 3.63) is 52.8 Å². The monoisotopic (exact) mass is 320 g/mol. The van der Waals surface area contributed by atoms with E-state index < -0.39 is 0 Å². The maximum atomic E-state index is 12.0. The van der Waals surface area contributed by atoms with Crippen LogP contribution in [0.3, 0.4) is 0 Å². The standard InChI is InChI=1S/C14H13ClN4OS/c15-12-4-2-1-3-10(12)8-19-9-11(7-17-19)13(20)18-14-16-5-6-21-14/h1-4,7,9H,5-6,8H2,(H,16,18,20). The molecule has 0 spiro atoms. The Morgan fingerprint density at radius 3 is 3.05 bits per heavy atom. The van der Waals surface area contributed by atoms with E-state index in [0.29, 0.717) is 22.3 Å². The first-order chi connectivity index (χ1) is 10.2. The highest BCUT2D eigenvalue weighted by Gasteiger charge is 2.14. The van der Waals surface area contributed by atoms with Crippen molar-refractivity contribution in [1.29, 1.82) is 0 Å². The molecule has 0 atom stereocenters. The van der Waals surface area contributed by atoms with Crippen molar-refractivity contribution in [2.45, 2.75) is 6.54 Å². The number of aliphatic imine (C=N–C) groups is 1. The van der Waals surface area contributed by atoms with Gasteiger partial charge in [0.05, 0.1) is 24.8 Å². The molecule has 0 saturated carbocycles. The van der Waals surface area contributed by atoms with Gasteiger partial charge in [0.2, 0.25) is 0 Å². The van der Waals surface area contributed by atoms with E-state index in [2.05, 4.69) is 15.4 Å². The van der Waals surface area contributed by atoms with Crippen LogP contribution in [-0.4, -0.2) is 33.2 Å². The summed E-state index contributed by atoms with van der Waals surface area (Å²) in [6.45, 7) is 1.29. The zero-order chi connectivity index (χ0) is 14.7. The maximum Gasteiger partial charge on any atom is 0.260 e. The van der Waals surface area contributed by atoms with Gasteiger partial charge < -0.3 is 5.32 Å². The molecule has 0 bridgehead atoms. The first-order valence-electron chi connectivity index (χ1n) is 6.47. The van der Waals surface area contributed by atoms with Gasteiger partial charge in [-0.15, -0.1) is 0 Å². The van der Waals surface area contributed by atoms with E-state index in [1.165, 1.54) is 0 Å². The minimum atomic E-state index is -0.187. The Labute approximate surface area is 131 Å². The van der Waals surface area contributed by atoms with Gasteiger partial charge in [0.25, 0.3) is 5.91 Å². The zero-order valence-electron chi connectivity index (χ0n) is 11.1. The Balaban J connectivity index is 1.68. The Morgan fingerprint density at radius 2 is 2.29 bits per heavy atom. The van der Waals surface area contributed by atoms with Crippen LogP contribution in [0.15, 0.2) is 41.7 Å². The quantitative estimate of drug-likeness (QED) is 0.945. The number of amides is 1. The first-order valence-corrected chi connectivity index (χ1v) is 7.83. The molecule has 0 fully saturated rings. The predicted molar refractivity (Wildman–Crippen MR) is 85.0 cm³/mol. The molecular weight excluding hydrogens is 308 g/mol.